The molecule has 1 saturated carbocycles. The summed E-state index contributed by atoms with van der Waals surface area (Å²) in [5.41, 5.74) is 0. The maximum absolute atomic E-state index is 12.1. The molecule has 0 aromatic heterocycles. The molecule has 3 unspecified atom stereocenters. The fourth-order valence-electron chi connectivity index (χ4n) is 3.54. The van der Waals surface area contributed by atoms with Crippen LogP contribution in [0.2, 0.25) is 0 Å². The summed E-state index contributed by atoms with van der Waals surface area (Å²) < 4.78 is 10.9. The molecule has 3 atom stereocenters. The highest BCUT2D eigenvalue weighted by Crippen LogP contribution is 2.33. The molecule has 0 amide bonds. The zero-order valence-corrected chi connectivity index (χ0v) is 10.9. The summed E-state index contributed by atoms with van der Waals surface area (Å²) in [5, 5.41) is 3.48. The summed E-state index contributed by atoms with van der Waals surface area (Å²) in [6.07, 6.45) is 7.89. The molecule has 2 heterocycles. The first kappa shape index (κ1) is 12.4. The Bertz CT molecular complexity index is 287. The minimum Gasteiger partial charge on any atom is -0.461 e. The summed E-state index contributed by atoms with van der Waals surface area (Å²) in [6, 6.07) is 0.506. The topological polar surface area (TPSA) is 47.6 Å². The van der Waals surface area contributed by atoms with Gasteiger partial charge in [-0.2, -0.15) is 0 Å². The summed E-state index contributed by atoms with van der Waals surface area (Å²) in [7, 11) is 0. The van der Waals surface area contributed by atoms with E-state index in [0.29, 0.717) is 12.0 Å². The van der Waals surface area contributed by atoms with Crippen LogP contribution in [0, 0.1) is 5.92 Å². The molecule has 4 heteroatoms. The third kappa shape index (κ3) is 2.69. The van der Waals surface area contributed by atoms with Crippen LogP contribution in [-0.2, 0) is 14.3 Å². The lowest BCUT2D eigenvalue weighted by Crippen LogP contribution is -2.40. The van der Waals surface area contributed by atoms with E-state index in [4.69, 9.17) is 9.47 Å². The molecule has 1 N–H and O–H groups in total. The lowest BCUT2D eigenvalue weighted by atomic mass is 9.85. The van der Waals surface area contributed by atoms with Crippen molar-refractivity contribution in [1.82, 2.24) is 5.32 Å². The molecule has 0 radical (unpaired) electrons. The van der Waals surface area contributed by atoms with Crippen LogP contribution in [0.5, 0.6) is 0 Å². The van der Waals surface area contributed by atoms with Gasteiger partial charge in [-0.05, 0) is 25.2 Å². The lowest BCUT2D eigenvalue weighted by molar-refractivity contribution is -0.155. The molecule has 0 spiro atoms. The van der Waals surface area contributed by atoms with Crippen LogP contribution in [0.15, 0.2) is 0 Å². The quantitative estimate of drug-likeness (QED) is 0.760. The van der Waals surface area contributed by atoms with Crippen LogP contribution in [0.3, 0.4) is 0 Å². The number of ether oxygens (including phenoxy) is 2. The minimum atomic E-state index is -0.0547. The Hall–Kier alpha value is -0.610. The largest absolute Gasteiger partial charge is 0.461 e. The Morgan fingerprint density at radius 1 is 1.11 bits per heavy atom. The Kier molecular flexibility index (Phi) is 3.85. The number of hydrogen-bond donors (Lipinski definition) is 1. The standard InChI is InChI=1S/C14H23NO3/c16-14(18-11-5-7-17-8-6-11)13-9-10-3-1-2-4-12(10)15-13/h10-13,15H,1-9H2. The van der Waals surface area contributed by atoms with E-state index < -0.39 is 0 Å². The van der Waals surface area contributed by atoms with Crippen LogP contribution in [0.4, 0.5) is 0 Å². The van der Waals surface area contributed by atoms with Gasteiger partial charge in [-0.25, -0.2) is 0 Å². The van der Waals surface area contributed by atoms with Gasteiger partial charge in [-0.1, -0.05) is 12.8 Å². The fraction of sp³-hybridized carbons (Fsp3) is 0.929. The molecule has 3 fully saturated rings. The van der Waals surface area contributed by atoms with E-state index in [1.807, 2.05) is 0 Å². The third-order valence-electron chi connectivity index (χ3n) is 4.60. The zero-order chi connectivity index (χ0) is 12.4. The molecule has 18 heavy (non-hydrogen) atoms. The molecule has 1 aliphatic carbocycles. The summed E-state index contributed by atoms with van der Waals surface area (Å²) in [6.45, 7) is 1.45. The van der Waals surface area contributed by atoms with E-state index in [1.54, 1.807) is 0 Å². The number of fused-ring (bicyclic) bond motifs is 1. The average molecular weight is 253 g/mol. The molecule has 3 aliphatic rings. The first-order chi connectivity index (χ1) is 8.83. The Morgan fingerprint density at radius 3 is 2.67 bits per heavy atom. The maximum atomic E-state index is 12.1. The first-order valence-corrected chi connectivity index (χ1v) is 7.37. The SMILES string of the molecule is O=C(OC1CCOCC1)C1CC2CCCCC2N1. The second-order valence-electron chi connectivity index (χ2n) is 5.85. The Balaban J connectivity index is 1.50. The van der Waals surface area contributed by atoms with Crippen molar-refractivity contribution in [2.75, 3.05) is 13.2 Å². The zero-order valence-electron chi connectivity index (χ0n) is 10.9. The normalized spacial score (nSPS) is 37.2. The average Bonchev–Trinajstić information content (AvgIpc) is 2.84. The van der Waals surface area contributed by atoms with Crippen LogP contribution in [0.1, 0.15) is 44.9 Å². The summed E-state index contributed by atoms with van der Waals surface area (Å²) in [4.78, 5) is 12.1. The van der Waals surface area contributed by atoms with Gasteiger partial charge in [0.25, 0.3) is 0 Å². The van der Waals surface area contributed by atoms with Gasteiger partial charge in [-0.3, -0.25) is 4.79 Å². The molecule has 2 aliphatic heterocycles. The number of nitrogens with one attached hydrogen (secondary N) is 1. The van der Waals surface area contributed by atoms with Gasteiger partial charge in [-0.15, -0.1) is 0 Å². The third-order valence-corrected chi connectivity index (χ3v) is 4.60. The van der Waals surface area contributed by atoms with Gasteiger partial charge >= 0.3 is 5.97 Å². The van der Waals surface area contributed by atoms with Crippen molar-refractivity contribution >= 4 is 5.97 Å². The van der Waals surface area contributed by atoms with Crippen molar-refractivity contribution in [2.45, 2.75) is 63.1 Å². The molecule has 3 rings (SSSR count). The van der Waals surface area contributed by atoms with E-state index >= 15 is 0 Å². The van der Waals surface area contributed by atoms with Crippen molar-refractivity contribution in [3.8, 4) is 0 Å². The van der Waals surface area contributed by atoms with Gasteiger partial charge in [0, 0.05) is 18.9 Å². The molecule has 0 aromatic rings. The van der Waals surface area contributed by atoms with Crippen LogP contribution < -0.4 is 5.32 Å². The van der Waals surface area contributed by atoms with Crippen LogP contribution in [-0.4, -0.2) is 37.4 Å². The number of hydrogen-bond acceptors (Lipinski definition) is 4. The summed E-state index contributed by atoms with van der Waals surface area (Å²) in [5.74, 6) is 0.669. The molecule has 2 saturated heterocycles. The number of esters is 1. The monoisotopic (exact) mass is 253 g/mol. The van der Waals surface area contributed by atoms with Crippen LogP contribution >= 0.6 is 0 Å². The first-order valence-electron chi connectivity index (χ1n) is 7.37. The highest BCUT2D eigenvalue weighted by molar-refractivity contribution is 5.76. The van der Waals surface area contributed by atoms with E-state index in [9.17, 15) is 4.79 Å². The molecule has 4 nitrogen and oxygen atoms in total. The second-order valence-corrected chi connectivity index (χ2v) is 5.85. The van der Waals surface area contributed by atoms with E-state index in [-0.39, 0.29) is 18.1 Å². The molecular weight excluding hydrogens is 230 g/mol. The number of rotatable bonds is 2. The number of carbonyl (C=O) groups excluding carboxylic acids is 1. The van der Waals surface area contributed by atoms with E-state index in [2.05, 4.69) is 5.32 Å². The van der Waals surface area contributed by atoms with Crippen molar-refractivity contribution < 1.29 is 14.3 Å². The highest BCUT2D eigenvalue weighted by atomic mass is 16.6. The van der Waals surface area contributed by atoms with Crippen molar-refractivity contribution in [3.05, 3.63) is 0 Å². The Labute approximate surface area is 108 Å². The van der Waals surface area contributed by atoms with Gasteiger partial charge in [0.2, 0.25) is 0 Å². The molecule has 0 aromatic carbocycles. The van der Waals surface area contributed by atoms with Crippen molar-refractivity contribution in [3.63, 3.8) is 0 Å². The smallest absolute Gasteiger partial charge is 0.323 e. The van der Waals surface area contributed by atoms with E-state index in [0.717, 1.165) is 32.5 Å². The van der Waals surface area contributed by atoms with Crippen molar-refractivity contribution in [2.24, 2.45) is 5.92 Å². The van der Waals surface area contributed by atoms with Crippen molar-refractivity contribution in [1.29, 1.82) is 0 Å². The van der Waals surface area contributed by atoms with Gasteiger partial charge in [0.05, 0.1) is 13.2 Å². The predicted octanol–water partition coefficient (Wildman–Crippen LogP) is 1.63. The molecule has 0 bridgehead atoms. The molecule has 102 valence electrons. The second kappa shape index (κ2) is 5.57. The maximum Gasteiger partial charge on any atom is 0.323 e. The predicted molar refractivity (Wildman–Crippen MR) is 67.2 cm³/mol. The lowest BCUT2D eigenvalue weighted by Gasteiger charge is -2.24. The fourth-order valence-corrected chi connectivity index (χ4v) is 3.54. The van der Waals surface area contributed by atoms with Gasteiger partial charge in [0.1, 0.15) is 12.1 Å². The van der Waals surface area contributed by atoms with Gasteiger partial charge in [0.15, 0.2) is 0 Å². The van der Waals surface area contributed by atoms with Gasteiger partial charge < -0.3 is 14.8 Å². The minimum absolute atomic E-state index is 0.0312. The Morgan fingerprint density at radius 2 is 1.89 bits per heavy atom. The summed E-state index contributed by atoms with van der Waals surface area (Å²) >= 11 is 0. The highest BCUT2D eigenvalue weighted by Gasteiger charge is 2.39. The molecular formula is C14H23NO3. The van der Waals surface area contributed by atoms with Crippen LogP contribution in [0.25, 0.3) is 0 Å². The number of carbonyl (C=O) groups is 1. The van der Waals surface area contributed by atoms with E-state index in [1.165, 1.54) is 25.7 Å².